The SMILES string of the molecule is CCC1CCC(O)(CNC(C)C)CC1. The maximum absolute atomic E-state index is 10.3. The monoisotopic (exact) mass is 199 g/mol. The third kappa shape index (κ3) is 3.58. The third-order valence-corrected chi connectivity index (χ3v) is 3.45. The van der Waals surface area contributed by atoms with Gasteiger partial charge in [0.1, 0.15) is 0 Å². The number of hydrogen-bond acceptors (Lipinski definition) is 2. The second-order valence-electron chi connectivity index (χ2n) is 5.11. The molecular formula is C12H25NO. The molecule has 2 N–H and O–H groups in total. The molecule has 0 saturated heterocycles. The quantitative estimate of drug-likeness (QED) is 0.728. The van der Waals surface area contributed by atoms with Crippen LogP contribution in [0.25, 0.3) is 0 Å². The van der Waals surface area contributed by atoms with E-state index in [1.165, 1.54) is 19.3 Å². The molecule has 0 atom stereocenters. The van der Waals surface area contributed by atoms with Crippen LogP contribution in [0.3, 0.4) is 0 Å². The second-order valence-corrected chi connectivity index (χ2v) is 5.11. The van der Waals surface area contributed by atoms with Crippen molar-refractivity contribution in [1.29, 1.82) is 0 Å². The Balaban J connectivity index is 2.30. The van der Waals surface area contributed by atoms with Crippen molar-refractivity contribution in [1.82, 2.24) is 5.32 Å². The summed E-state index contributed by atoms with van der Waals surface area (Å²) in [5.74, 6) is 0.856. The zero-order chi connectivity index (χ0) is 10.6. The van der Waals surface area contributed by atoms with E-state index >= 15 is 0 Å². The molecule has 2 nitrogen and oxygen atoms in total. The minimum Gasteiger partial charge on any atom is -0.389 e. The van der Waals surface area contributed by atoms with Gasteiger partial charge in [-0.1, -0.05) is 27.2 Å². The van der Waals surface area contributed by atoms with Gasteiger partial charge in [-0.25, -0.2) is 0 Å². The summed E-state index contributed by atoms with van der Waals surface area (Å²) in [6.45, 7) is 7.27. The van der Waals surface area contributed by atoms with E-state index in [0.29, 0.717) is 6.04 Å². The normalized spacial score (nSPS) is 33.6. The Labute approximate surface area is 88.1 Å². The molecule has 0 radical (unpaired) electrons. The molecule has 0 amide bonds. The summed E-state index contributed by atoms with van der Waals surface area (Å²) in [5.41, 5.74) is -0.421. The predicted octanol–water partition coefficient (Wildman–Crippen LogP) is 2.32. The van der Waals surface area contributed by atoms with Gasteiger partial charge in [-0.15, -0.1) is 0 Å². The molecule has 0 bridgehead atoms. The number of aliphatic hydroxyl groups is 1. The molecule has 0 aromatic carbocycles. The molecule has 0 spiro atoms. The van der Waals surface area contributed by atoms with E-state index in [4.69, 9.17) is 0 Å². The Kier molecular flexibility index (Phi) is 4.39. The topological polar surface area (TPSA) is 32.3 Å². The second kappa shape index (κ2) is 5.13. The number of nitrogens with one attached hydrogen (secondary N) is 1. The fourth-order valence-electron chi connectivity index (χ4n) is 2.19. The van der Waals surface area contributed by atoms with E-state index < -0.39 is 5.60 Å². The van der Waals surface area contributed by atoms with Crippen molar-refractivity contribution in [3.05, 3.63) is 0 Å². The first kappa shape index (κ1) is 12.0. The van der Waals surface area contributed by atoms with Crippen LogP contribution < -0.4 is 5.32 Å². The maximum atomic E-state index is 10.3. The van der Waals surface area contributed by atoms with Crippen LogP contribution in [0.4, 0.5) is 0 Å². The highest BCUT2D eigenvalue weighted by molar-refractivity contribution is 4.87. The molecule has 1 aliphatic carbocycles. The minimum absolute atomic E-state index is 0.421. The number of hydrogen-bond donors (Lipinski definition) is 2. The van der Waals surface area contributed by atoms with E-state index in [2.05, 4.69) is 26.1 Å². The van der Waals surface area contributed by atoms with Crippen LogP contribution in [0.2, 0.25) is 0 Å². The number of rotatable bonds is 4. The molecule has 1 aliphatic rings. The van der Waals surface area contributed by atoms with Gasteiger partial charge < -0.3 is 10.4 Å². The van der Waals surface area contributed by atoms with Crippen LogP contribution in [0, 0.1) is 5.92 Å². The van der Waals surface area contributed by atoms with Crippen LogP contribution in [0.15, 0.2) is 0 Å². The van der Waals surface area contributed by atoms with Crippen molar-refractivity contribution in [2.45, 2.75) is 64.5 Å². The smallest absolute Gasteiger partial charge is 0.0771 e. The summed E-state index contributed by atoms with van der Waals surface area (Å²) >= 11 is 0. The zero-order valence-electron chi connectivity index (χ0n) is 9.84. The van der Waals surface area contributed by atoms with Gasteiger partial charge in [0.2, 0.25) is 0 Å². The van der Waals surface area contributed by atoms with Gasteiger partial charge in [0, 0.05) is 12.6 Å². The Bertz CT molecular complexity index is 160. The first-order valence-electron chi connectivity index (χ1n) is 6.01. The van der Waals surface area contributed by atoms with Crippen molar-refractivity contribution < 1.29 is 5.11 Å². The average molecular weight is 199 g/mol. The van der Waals surface area contributed by atoms with Crippen molar-refractivity contribution in [3.8, 4) is 0 Å². The Morgan fingerprint density at radius 1 is 1.36 bits per heavy atom. The highest BCUT2D eigenvalue weighted by Gasteiger charge is 2.32. The maximum Gasteiger partial charge on any atom is 0.0771 e. The largest absolute Gasteiger partial charge is 0.389 e. The third-order valence-electron chi connectivity index (χ3n) is 3.45. The van der Waals surface area contributed by atoms with Crippen molar-refractivity contribution in [2.24, 2.45) is 5.92 Å². The van der Waals surface area contributed by atoms with Crippen LogP contribution in [0.1, 0.15) is 52.9 Å². The molecule has 84 valence electrons. The van der Waals surface area contributed by atoms with Crippen LogP contribution in [-0.4, -0.2) is 23.3 Å². The fraction of sp³-hybridized carbons (Fsp3) is 1.00. The molecule has 0 heterocycles. The summed E-state index contributed by atoms with van der Waals surface area (Å²) in [5, 5.41) is 13.6. The molecule has 14 heavy (non-hydrogen) atoms. The van der Waals surface area contributed by atoms with Crippen LogP contribution >= 0.6 is 0 Å². The lowest BCUT2D eigenvalue weighted by molar-refractivity contribution is -0.00991. The Morgan fingerprint density at radius 2 is 1.93 bits per heavy atom. The molecule has 2 heteroatoms. The van der Waals surface area contributed by atoms with Crippen molar-refractivity contribution in [3.63, 3.8) is 0 Å². The lowest BCUT2D eigenvalue weighted by Gasteiger charge is -2.36. The minimum atomic E-state index is -0.421. The molecule has 1 saturated carbocycles. The summed E-state index contributed by atoms with van der Waals surface area (Å²) < 4.78 is 0. The molecule has 0 aromatic heterocycles. The fourth-order valence-corrected chi connectivity index (χ4v) is 2.19. The van der Waals surface area contributed by atoms with Gasteiger partial charge in [0.15, 0.2) is 0 Å². The lowest BCUT2D eigenvalue weighted by atomic mass is 9.78. The molecular weight excluding hydrogens is 174 g/mol. The Morgan fingerprint density at radius 3 is 2.36 bits per heavy atom. The van der Waals surface area contributed by atoms with Gasteiger partial charge in [0.25, 0.3) is 0 Å². The molecule has 1 rings (SSSR count). The standard InChI is InChI=1S/C12H25NO/c1-4-11-5-7-12(14,8-6-11)9-13-10(2)3/h10-11,13-14H,4-9H2,1-3H3. The van der Waals surface area contributed by atoms with Gasteiger partial charge in [-0.3, -0.25) is 0 Å². The van der Waals surface area contributed by atoms with E-state index in [1.54, 1.807) is 0 Å². The van der Waals surface area contributed by atoms with Gasteiger partial charge in [-0.05, 0) is 31.6 Å². The summed E-state index contributed by atoms with van der Waals surface area (Å²) in [4.78, 5) is 0. The molecule has 0 aliphatic heterocycles. The first-order valence-corrected chi connectivity index (χ1v) is 6.01. The first-order chi connectivity index (χ1) is 6.56. The highest BCUT2D eigenvalue weighted by atomic mass is 16.3. The zero-order valence-corrected chi connectivity index (χ0v) is 9.84. The van der Waals surface area contributed by atoms with Crippen molar-refractivity contribution >= 4 is 0 Å². The lowest BCUT2D eigenvalue weighted by Crippen LogP contribution is -2.45. The molecule has 0 aromatic rings. The van der Waals surface area contributed by atoms with Gasteiger partial charge >= 0.3 is 0 Å². The Hall–Kier alpha value is -0.0800. The van der Waals surface area contributed by atoms with Crippen molar-refractivity contribution in [2.75, 3.05) is 6.54 Å². The van der Waals surface area contributed by atoms with E-state index in [1.807, 2.05) is 0 Å². The van der Waals surface area contributed by atoms with E-state index in [-0.39, 0.29) is 0 Å². The summed E-state index contributed by atoms with van der Waals surface area (Å²) in [7, 11) is 0. The van der Waals surface area contributed by atoms with Gasteiger partial charge in [-0.2, -0.15) is 0 Å². The van der Waals surface area contributed by atoms with E-state index in [0.717, 1.165) is 25.3 Å². The predicted molar refractivity (Wildman–Crippen MR) is 60.3 cm³/mol. The summed E-state index contributed by atoms with van der Waals surface area (Å²) in [6.07, 6.45) is 5.63. The summed E-state index contributed by atoms with van der Waals surface area (Å²) in [6, 6.07) is 0.475. The van der Waals surface area contributed by atoms with Crippen LogP contribution in [-0.2, 0) is 0 Å². The molecule has 0 unspecified atom stereocenters. The highest BCUT2D eigenvalue weighted by Crippen LogP contribution is 2.33. The average Bonchev–Trinajstić information content (AvgIpc) is 2.16. The van der Waals surface area contributed by atoms with Crippen LogP contribution in [0.5, 0.6) is 0 Å². The van der Waals surface area contributed by atoms with E-state index in [9.17, 15) is 5.11 Å². The molecule has 1 fully saturated rings. The van der Waals surface area contributed by atoms with Gasteiger partial charge in [0.05, 0.1) is 5.60 Å².